The maximum atomic E-state index is 6.14. The predicted molar refractivity (Wildman–Crippen MR) is 108 cm³/mol. The van der Waals surface area contributed by atoms with Crippen molar-refractivity contribution in [1.82, 2.24) is 19.8 Å². The Kier molecular flexibility index (Phi) is 5.25. The van der Waals surface area contributed by atoms with Crippen LogP contribution in [0.3, 0.4) is 0 Å². The molecule has 7 nitrogen and oxygen atoms in total. The van der Waals surface area contributed by atoms with E-state index in [1.807, 2.05) is 18.2 Å². The van der Waals surface area contributed by atoms with Gasteiger partial charge < -0.3 is 14.2 Å². The van der Waals surface area contributed by atoms with Gasteiger partial charge in [0.25, 0.3) is 0 Å². The molecule has 2 aromatic carbocycles. The molecule has 2 aromatic heterocycles. The molecule has 0 saturated heterocycles. The van der Waals surface area contributed by atoms with E-state index in [9.17, 15) is 0 Å². The first-order valence-corrected chi connectivity index (χ1v) is 9.67. The summed E-state index contributed by atoms with van der Waals surface area (Å²) >= 11 is 13.4. The number of nitrogens with zero attached hydrogens (tertiary/aromatic N) is 4. The standard InChI is InChI=1S/C18H14Cl2N4O3S/c1-25-14-5-3-10(7-15(14)26-2)17-21-22-18-24(17)23-16(28-18)9-27-13-6-4-11(19)8-12(13)20/h3-8H,9H2,1-2H3. The van der Waals surface area contributed by atoms with Gasteiger partial charge in [0, 0.05) is 10.6 Å². The predicted octanol–water partition coefficient (Wildman–Crippen LogP) is 4.76. The largest absolute Gasteiger partial charge is 0.493 e. The highest BCUT2D eigenvalue weighted by Gasteiger charge is 2.16. The molecule has 0 fully saturated rings. The molecule has 0 radical (unpaired) electrons. The van der Waals surface area contributed by atoms with Gasteiger partial charge in [-0.3, -0.25) is 0 Å². The molecule has 10 heteroatoms. The minimum atomic E-state index is 0.251. The van der Waals surface area contributed by atoms with Gasteiger partial charge in [-0.2, -0.15) is 9.61 Å². The van der Waals surface area contributed by atoms with Crippen LogP contribution in [0.25, 0.3) is 16.3 Å². The second-order valence-corrected chi connectivity index (χ2v) is 7.53. The zero-order chi connectivity index (χ0) is 19.7. The van der Waals surface area contributed by atoms with Crippen molar-refractivity contribution in [3.8, 4) is 28.6 Å². The molecule has 28 heavy (non-hydrogen) atoms. The van der Waals surface area contributed by atoms with Crippen molar-refractivity contribution in [2.45, 2.75) is 6.61 Å². The molecule has 0 N–H and O–H groups in total. The van der Waals surface area contributed by atoms with Crippen LogP contribution in [0, 0.1) is 0 Å². The van der Waals surface area contributed by atoms with E-state index in [0.29, 0.717) is 38.1 Å². The van der Waals surface area contributed by atoms with Crippen LogP contribution in [-0.2, 0) is 6.61 Å². The van der Waals surface area contributed by atoms with E-state index < -0.39 is 0 Å². The third-order valence-corrected chi connectivity index (χ3v) is 5.32. The Morgan fingerprint density at radius 1 is 0.964 bits per heavy atom. The average Bonchev–Trinajstić information content (AvgIpc) is 3.27. The highest BCUT2D eigenvalue weighted by atomic mass is 35.5. The zero-order valence-electron chi connectivity index (χ0n) is 14.8. The molecule has 0 unspecified atom stereocenters. The summed E-state index contributed by atoms with van der Waals surface area (Å²) in [5.41, 5.74) is 0.809. The van der Waals surface area contributed by atoms with Crippen molar-refractivity contribution in [2.75, 3.05) is 14.2 Å². The first-order valence-electron chi connectivity index (χ1n) is 8.10. The molecular weight excluding hydrogens is 423 g/mol. The number of aromatic nitrogens is 4. The minimum absolute atomic E-state index is 0.251. The Hall–Kier alpha value is -2.55. The van der Waals surface area contributed by atoms with Gasteiger partial charge in [0.15, 0.2) is 22.3 Å². The number of fused-ring (bicyclic) bond motifs is 1. The molecule has 4 aromatic rings. The Morgan fingerprint density at radius 2 is 1.75 bits per heavy atom. The lowest BCUT2D eigenvalue weighted by atomic mass is 10.2. The van der Waals surface area contributed by atoms with Gasteiger partial charge in [-0.1, -0.05) is 34.5 Å². The van der Waals surface area contributed by atoms with Crippen LogP contribution in [0.5, 0.6) is 17.2 Å². The van der Waals surface area contributed by atoms with Crippen molar-refractivity contribution in [2.24, 2.45) is 0 Å². The Bertz CT molecular complexity index is 1150. The molecule has 0 saturated carbocycles. The van der Waals surface area contributed by atoms with Crippen LogP contribution >= 0.6 is 34.5 Å². The summed E-state index contributed by atoms with van der Waals surface area (Å²) in [5.74, 6) is 2.38. The second-order valence-electron chi connectivity index (χ2n) is 5.65. The molecule has 0 amide bonds. The lowest BCUT2D eigenvalue weighted by Gasteiger charge is -2.08. The minimum Gasteiger partial charge on any atom is -0.493 e. The molecule has 0 aliphatic rings. The zero-order valence-corrected chi connectivity index (χ0v) is 17.2. The summed E-state index contributed by atoms with van der Waals surface area (Å²) in [6.07, 6.45) is 0. The normalized spacial score (nSPS) is 11.0. The fourth-order valence-electron chi connectivity index (χ4n) is 2.60. The smallest absolute Gasteiger partial charge is 0.235 e. The number of ether oxygens (including phenoxy) is 3. The lowest BCUT2D eigenvalue weighted by Crippen LogP contribution is -1.98. The van der Waals surface area contributed by atoms with Gasteiger partial charge in [-0.15, -0.1) is 10.2 Å². The van der Waals surface area contributed by atoms with E-state index in [1.54, 1.807) is 36.9 Å². The molecular formula is C18H14Cl2N4O3S. The highest BCUT2D eigenvalue weighted by molar-refractivity contribution is 7.16. The first-order chi connectivity index (χ1) is 13.6. The fourth-order valence-corrected chi connectivity index (χ4v) is 3.81. The van der Waals surface area contributed by atoms with Gasteiger partial charge in [0.1, 0.15) is 12.4 Å². The molecule has 2 heterocycles. The molecule has 4 rings (SSSR count). The summed E-state index contributed by atoms with van der Waals surface area (Å²) in [5, 5.41) is 14.7. The van der Waals surface area contributed by atoms with E-state index >= 15 is 0 Å². The molecule has 0 spiro atoms. The molecule has 144 valence electrons. The lowest BCUT2D eigenvalue weighted by molar-refractivity contribution is 0.304. The van der Waals surface area contributed by atoms with Crippen LogP contribution in [-0.4, -0.2) is 34.0 Å². The summed E-state index contributed by atoms with van der Waals surface area (Å²) in [6.45, 7) is 0.251. The van der Waals surface area contributed by atoms with Gasteiger partial charge in [0.05, 0.1) is 19.2 Å². The quantitative estimate of drug-likeness (QED) is 0.433. The van der Waals surface area contributed by atoms with Gasteiger partial charge in [0.2, 0.25) is 4.96 Å². The van der Waals surface area contributed by atoms with Crippen LogP contribution in [0.2, 0.25) is 10.0 Å². The molecule has 0 aliphatic carbocycles. The van der Waals surface area contributed by atoms with Gasteiger partial charge in [-0.05, 0) is 36.4 Å². The van der Waals surface area contributed by atoms with Gasteiger partial charge in [-0.25, -0.2) is 0 Å². The molecule has 0 atom stereocenters. The van der Waals surface area contributed by atoms with Crippen LogP contribution in [0.15, 0.2) is 36.4 Å². The first kappa shape index (κ1) is 18.8. The van der Waals surface area contributed by atoms with Crippen molar-refractivity contribution in [3.63, 3.8) is 0 Å². The SMILES string of the molecule is COc1ccc(-c2nnc3sc(COc4ccc(Cl)cc4Cl)nn23)cc1OC. The van der Waals surface area contributed by atoms with Crippen molar-refractivity contribution in [3.05, 3.63) is 51.5 Å². The van der Waals surface area contributed by atoms with Crippen molar-refractivity contribution < 1.29 is 14.2 Å². The molecule has 0 aliphatic heterocycles. The van der Waals surface area contributed by atoms with E-state index in [2.05, 4.69) is 15.3 Å². The Morgan fingerprint density at radius 3 is 2.50 bits per heavy atom. The summed E-state index contributed by atoms with van der Waals surface area (Å²) < 4.78 is 18.1. The summed E-state index contributed by atoms with van der Waals surface area (Å²) in [4.78, 5) is 0.658. The van der Waals surface area contributed by atoms with Crippen LogP contribution in [0.1, 0.15) is 5.01 Å². The van der Waals surface area contributed by atoms with E-state index in [1.165, 1.54) is 11.3 Å². The summed E-state index contributed by atoms with van der Waals surface area (Å²) in [6, 6.07) is 10.6. The number of halogens is 2. The van der Waals surface area contributed by atoms with Gasteiger partial charge >= 0.3 is 0 Å². The number of hydrogen-bond acceptors (Lipinski definition) is 7. The second kappa shape index (κ2) is 7.83. The highest BCUT2D eigenvalue weighted by Crippen LogP contribution is 2.32. The third-order valence-electron chi connectivity index (χ3n) is 3.92. The third kappa shape index (κ3) is 3.58. The number of methoxy groups -OCH3 is 2. The van der Waals surface area contributed by atoms with E-state index in [4.69, 9.17) is 37.4 Å². The van der Waals surface area contributed by atoms with Crippen LogP contribution in [0.4, 0.5) is 0 Å². The average molecular weight is 437 g/mol. The maximum Gasteiger partial charge on any atom is 0.235 e. The van der Waals surface area contributed by atoms with E-state index in [-0.39, 0.29) is 6.61 Å². The van der Waals surface area contributed by atoms with Crippen molar-refractivity contribution in [1.29, 1.82) is 0 Å². The Balaban J connectivity index is 1.60. The Labute approximate surface area is 174 Å². The number of rotatable bonds is 6. The maximum absolute atomic E-state index is 6.14. The fraction of sp³-hybridized carbons (Fsp3) is 0.167. The molecule has 0 bridgehead atoms. The summed E-state index contributed by atoms with van der Waals surface area (Å²) in [7, 11) is 3.17. The monoisotopic (exact) mass is 436 g/mol. The van der Waals surface area contributed by atoms with Crippen molar-refractivity contribution >= 4 is 39.5 Å². The number of hydrogen-bond donors (Lipinski definition) is 0. The number of benzene rings is 2. The van der Waals surface area contributed by atoms with Crippen LogP contribution < -0.4 is 14.2 Å². The van der Waals surface area contributed by atoms with E-state index in [0.717, 1.165) is 10.6 Å². The topological polar surface area (TPSA) is 70.8 Å².